The van der Waals surface area contributed by atoms with Crippen LogP contribution in [-0.4, -0.2) is 29.6 Å². The van der Waals surface area contributed by atoms with Gasteiger partial charge in [-0.2, -0.15) is 0 Å². The van der Waals surface area contributed by atoms with Gasteiger partial charge in [0.2, 0.25) is 0 Å². The third kappa shape index (κ3) is 2.28. The first-order valence-electron chi connectivity index (χ1n) is 4.70. The summed E-state index contributed by atoms with van der Waals surface area (Å²) in [6.07, 6.45) is 1.16. The lowest BCUT2D eigenvalue weighted by atomic mass is 10.2. The number of morpholine rings is 1. The fourth-order valence-corrected chi connectivity index (χ4v) is 1.45. The van der Waals surface area contributed by atoms with Crippen molar-refractivity contribution in [3.63, 3.8) is 0 Å². The van der Waals surface area contributed by atoms with E-state index in [1.807, 2.05) is 0 Å². The summed E-state index contributed by atoms with van der Waals surface area (Å²) < 4.78 is 5.47. The van der Waals surface area contributed by atoms with Gasteiger partial charge in [-0.15, -0.1) is 0 Å². The maximum absolute atomic E-state index is 10.4. The Labute approximate surface area is 86.4 Å². The lowest BCUT2D eigenvalue weighted by Gasteiger charge is -2.22. The lowest BCUT2D eigenvalue weighted by Crippen LogP contribution is -2.33. The van der Waals surface area contributed by atoms with Crippen molar-refractivity contribution in [1.29, 1.82) is 0 Å². The van der Waals surface area contributed by atoms with E-state index in [-0.39, 0.29) is 11.8 Å². The molecule has 2 rings (SSSR count). The molecule has 0 saturated carbocycles. The van der Waals surface area contributed by atoms with Gasteiger partial charge in [0.05, 0.1) is 17.2 Å². The molecule has 0 aromatic carbocycles. The minimum Gasteiger partial charge on any atom is -0.369 e. The molecular formula is C9H11N3O3. The second kappa shape index (κ2) is 4.33. The van der Waals surface area contributed by atoms with Crippen molar-refractivity contribution in [2.24, 2.45) is 0 Å². The van der Waals surface area contributed by atoms with E-state index in [4.69, 9.17) is 4.74 Å². The Balaban J connectivity index is 2.11. The summed E-state index contributed by atoms with van der Waals surface area (Å²) in [5, 5.41) is 13.6. The molecule has 0 spiro atoms. The summed E-state index contributed by atoms with van der Waals surface area (Å²) in [5.74, 6) is 0. The van der Waals surface area contributed by atoms with E-state index in [1.165, 1.54) is 12.3 Å². The number of nitrogens with zero attached hydrogens (tertiary/aromatic N) is 2. The zero-order valence-electron chi connectivity index (χ0n) is 8.05. The zero-order valence-corrected chi connectivity index (χ0v) is 8.05. The minimum atomic E-state index is -0.462. The van der Waals surface area contributed by atoms with E-state index in [9.17, 15) is 10.1 Å². The predicted octanol–water partition coefficient (Wildman–Crippen LogP) is 0.651. The molecule has 1 atom stereocenters. The van der Waals surface area contributed by atoms with Crippen LogP contribution < -0.4 is 5.32 Å². The summed E-state index contributed by atoms with van der Waals surface area (Å²) >= 11 is 0. The van der Waals surface area contributed by atoms with Crippen molar-refractivity contribution in [3.8, 4) is 0 Å². The lowest BCUT2D eigenvalue weighted by molar-refractivity contribution is -0.385. The molecule has 0 bridgehead atoms. The Bertz CT molecular complexity index is 346. The van der Waals surface area contributed by atoms with Crippen LogP contribution in [0.2, 0.25) is 0 Å². The molecule has 0 amide bonds. The fourth-order valence-electron chi connectivity index (χ4n) is 1.45. The summed E-state index contributed by atoms with van der Waals surface area (Å²) in [6, 6.07) is 3.08. The van der Waals surface area contributed by atoms with Crippen molar-refractivity contribution in [3.05, 3.63) is 34.1 Å². The van der Waals surface area contributed by atoms with Gasteiger partial charge in [-0.05, 0) is 6.07 Å². The van der Waals surface area contributed by atoms with Gasteiger partial charge in [0, 0.05) is 19.2 Å². The molecule has 2 heterocycles. The molecule has 0 aliphatic carbocycles. The van der Waals surface area contributed by atoms with Gasteiger partial charge >= 0.3 is 0 Å². The number of nitrogens with one attached hydrogen (secondary N) is 1. The standard InChI is InChI=1S/C9H11N3O3/c13-12(14)7-1-2-8(11-5-7)9-6-10-3-4-15-9/h1-2,5,9-10H,3-4,6H2. The van der Waals surface area contributed by atoms with Crippen LogP contribution in [0.15, 0.2) is 18.3 Å². The van der Waals surface area contributed by atoms with E-state index < -0.39 is 4.92 Å². The number of hydrogen-bond acceptors (Lipinski definition) is 5. The fraction of sp³-hybridized carbons (Fsp3) is 0.444. The van der Waals surface area contributed by atoms with E-state index >= 15 is 0 Å². The van der Waals surface area contributed by atoms with Gasteiger partial charge in [-0.1, -0.05) is 0 Å². The molecule has 6 heteroatoms. The number of aromatic nitrogens is 1. The molecule has 1 aliphatic rings. The van der Waals surface area contributed by atoms with Crippen LogP contribution >= 0.6 is 0 Å². The minimum absolute atomic E-state index is 0.00233. The highest BCUT2D eigenvalue weighted by atomic mass is 16.6. The number of hydrogen-bond donors (Lipinski definition) is 1. The molecule has 1 saturated heterocycles. The maximum Gasteiger partial charge on any atom is 0.287 e. The number of rotatable bonds is 2. The summed E-state index contributed by atoms with van der Waals surface area (Å²) in [6.45, 7) is 2.18. The van der Waals surface area contributed by atoms with E-state index in [0.717, 1.165) is 12.2 Å². The van der Waals surface area contributed by atoms with Crippen molar-refractivity contribution in [2.45, 2.75) is 6.10 Å². The van der Waals surface area contributed by atoms with Crippen molar-refractivity contribution < 1.29 is 9.66 Å². The highest BCUT2D eigenvalue weighted by molar-refractivity contribution is 5.27. The van der Waals surface area contributed by atoms with Crippen LogP contribution in [0.3, 0.4) is 0 Å². The van der Waals surface area contributed by atoms with Crippen LogP contribution in [0.25, 0.3) is 0 Å². The summed E-state index contributed by atoms with van der Waals surface area (Å²) in [7, 11) is 0. The van der Waals surface area contributed by atoms with Crippen LogP contribution in [0.5, 0.6) is 0 Å². The zero-order chi connectivity index (χ0) is 10.7. The second-order valence-electron chi connectivity index (χ2n) is 3.26. The first-order chi connectivity index (χ1) is 7.27. The molecule has 1 fully saturated rings. The number of pyridine rings is 1. The molecule has 1 aromatic heterocycles. The molecule has 1 aliphatic heterocycles. The highest BCUT2D eigenvalue weighted by Gasteiger charge is 2.17. The van der Waals surface area contributed by atoms with Gasteiger partial charge in [-0.25, -0.2) is 0 Å². The molecule has 1 N–H and O–H groups in total. The van der Waals surface area contributed by atoms with Gasteiger partial charge < -0.3 is 10.1 Å². The van der Waals surface area contributed by atoms with E-state index in [2.05, 4.69) is 10.3 Å². The van der Waals surface area contributed by atoms with E-state index in [1.54, 1.807) is 6.07 Å². The molecule has 1 unspecified atom stereocenters. The van der Waals surface area contributed by atoms with Crippen LogP contribution in [0.1, 0.15) is 11.8 Å². The Morgan fingerprint density at radius 1 is 1.60 bits per heavy atom. The largest absolute Gasteiger partial charge is 0.369 e. The molecule has 80 valence electrons. The highest BCUT2D eigenvalue weighted by Crippen LogP contribution is 2.18. The number of ether oxygens (including phenoxy) is 1. The average Bonchev–Trinajstić information content (AvgIpc) is 2.30. The van der Waals surface area contributed by atoms with Crippen LogP contribution in [0, 0.1) is 10.1 Å². The molecular weight excluding hydrogens is 198 g/mol. The van der Waals surface area contributed by atoms with Crippen molar-refractivity contribution in [2.75, 3.05) is 19.7 Å². The SMILES string of the molecule is O=[N+]([O-])c1ccc(C2CNCCO2)nc1. The van der Waals surface area contributed by atoms with Gasteiger partial charge in [0.25, 0.3) is 5.69 Å². The Kier molecular flexibility index (Phi) is 2.89. The van der Waals surface area contributed by atoms with Crippen molar-refractivity contribution >= 4 is 5.69 Å². The third-order valence-electron chi connectivity index (χ3n) is 2.24. The topological polar surface area (TPSA) is 77.3 Å². The predicted molar refractivity (Wildman–Crippen MR) is 52.5 cm³/mol. The first-order valence-corrected chi connectivity index (χ1v) is 4.70. The molecule has 15 heavy (non-hydrogen) atoms. The van der Waals surface area contributed by atoms with Gasteiger partial charge in [0.15, 0.2) is 0 Å². The third-order valence-corrected chi connectivity index (χ3v) is 2.24. The van der Waals surface area contributed by atoms with Crippen LogP contribution in [-0.2, 0) is 4.74 Å². The van der Waals surface area contributed by atoms with Crippen LogP contribution in [0.4, 0.5) is 5.69 Å². The smallest absolute Gasteiger partial charge is 0.287 e. The average molecular weight is 209 g/mol. The monoisotopic (exact) mass is 209 g/mol. The second-order valence-corrected chi connectivity index (χ2v) is 3.26. The number of nitro groups is 1. The molecule has 0 radical (unpaired) electrons. The Hall–Kier alpha value is -1.53. The van der Waals surface area contributed by atoms with Crippen molar-refractivity contribution in [1.82, 2.24) is 10.3 Å². The Morgan fingerprint density at radius 3 is 3.00 bits per heavy atom. The van der Waals surface area contributed by atoms with E-state index in [0.29, 0.717) is 13.2 Å². The molecule has 6 nitrogen and oxygen atoms in total. The maximum atomic E-state index is 10.4. The van der Waals surface area contributed by atoms with Gasteiger partial charge in [-0.3, -0.25) is 15.1 Å². The summed E-state index contributed by atoms with van der Waals surface area (Å²) in [4.78, 5) is 14.0. The first kappa shape index (κ1) is 10.0. The van der Waals surface area contributed by atoms with Gasteiger partial charge in [0.1, 0.15) is 12.3 Å². The summed E-state index contributed by atoms with van der Waals surface area (Å²) in [5.41, 5.74) is 0.732. The normalized spacial score (nSPS) is 21.2. The Morgan fingerprint density at radius 2 is 2.47 bits per heavy atom. The quantitative estimate of drug-likeness (QED) is 0.571. The molecule has 1 aromatic rings.